The van der Waals surface area contributed by atoms with Crippen molar-refractivity contribution in [3.63, 3.8) is 0 Å². The maximum Gasteiger partial charge on any atom is 0.341 e. The van der Waals surface area contributed by atoms with Gasteiger partial charge in [0.1, 0.15) is 18.2 Å². The summed E-state index contributed by atoms with van der Waals surface area (Å²) < 4.78 is 15.4. The van der Waals surface area contributed by atoms with Gasteiger partial charge in [0.2, 0.25) is 5.60 Å². The van der Waals surface area contributed by atoms with Gasteiger partial charge in [0.05, 0.1) is 13.2 Å². The maximum atomic E-state index is 11.8. The first kappa shape index (κ1) is 14.0. The molecular formula is C10H15N3O6. The second-order valence-corrected chi connectivity index (χ2v) is 4.98. The number of methoxy groups -OCH3 is 1. The van der Waals surface area contributed by atoms with Crippen LogP contribution in [0.25, 0.3) is 10.4 Å². The molecule has 0 bridgehead atoms. The van der Waals surface area contributed by atoms with E-state index < -0.39 is 41.7 Å². The number of rotatable bonds is 2. The molecule has 9 heteroatoms. The van der Waals surface area contributed by atoms with Gasteiger partial charge in [0.15, 0.2) is 5.79 Å². The summed E-state index contributed by atoms with van der Waals surface area (Å²) in [5.41, 5.74) is 6.22. The van der Waals surface area contributed by atoms with Gasteiger partial charge >= 0.3 is 5.97 Å². The number of esters is 1. The maximum absolute atomic E-state index is 11.8. The molecule has 1 saturated heterocycles. The zero-order valence-corrected chi connectivity index (χ0v) is 10.7. The van der Waals surface area contributed by atoms with Crippen LogP contribution in [0.3, 0.4) is 0 Å². The summed E-state index contributed by atoms with van der Waals surface area (Å²) in [6.07, 6.45) is -3.51. The Balaban J connectivity index is 2.46. The van der Waals surface area contributed by atoms with E-state index in [2.05, 4.69) is 14.8 Å². The van der Waals surface area contributed by atoms with Gasteiger partial charge in [0.25, 0.3) is 0 Å². The molecular weight excluding hydrogens is 258 g/mol. The Morgan fingerprint density at radius 3 is 2.63 bits per heavy atom. The molecule has 2 rings (SSSR count). The number of carbonyl (C=O) groups excluding carboxylic acids is 1. The molecule has 0 aromatic heterocycles. The monoisotopic (exact) mass is 273 g/mol. The lowest BCUT2D eigenvalue weighted by atomic mass is 9.95. The van der Waals surface area contributed by atoms with E-state index in [4.69, 9.17) is 15.0 Å². The first-order chi connectivity index (χ1) is 8.78. The van der Waals surface area contributed by atoms with Crippen molar-refractivity contribution in [1.29, 1.82) is 0 Å². The van der Waals surface area contributed by atoms with E-state index >= 15 is 0 Å². The molecule has 1 aliphatic carbocycles. The van der Waals surface area contributed by atoms with Crippen molar-refractivity contribution in [3.8, 4) is 0 Å². The number of aliphatic hydroxyl groups is 2. The summed E-state index contributed by atoms with van der Waals surface area (Å²) in [7, 11) is 1.08. The van der Waals surface area contributed by atoms with Crippen molar-refractivity contribution >= 4 is 5.97 Å². The quantitative estimate of drug-likeness (QED) is 0.300. The molecule has 0 unspecified atom stereocenters. The summed E-state index contributed by atoms with van der Waals surface area (Å²) in [6.45, 7) is 3.16. The van der Waals surface area contributed by atoms with Gasteiger partial charge in [-0.25, -0.2) is 4.79 Å². The minimum atomic E-state index is -2.28. The highest BCUT2D eigenvalue weighted by Crippen LogP contribution is 2.45. The number of carbonyl (C=O) groups is 1. The predicted molar refractivity (Wildman–Crippen MR) is 59.7 cm³/mol. The molecule has 2 aliphatic rings. The van der Waals surface area contributed by atoms with Crippen LogP contribution in [-0.2, 0) is 19.0 Å². The van der Waals surface area contributed by atoms with E-state index in [0.717, 1.165) is 7.11 Å². The van der Waals surface area contributed by atoms with Crippen molar-refractivity contribution in [2.45, 2.75) is 49.6 Å². The molecule has 9 nitrogen and oxygen atoms in total. The van der Waals surface area contributed by atoms with Gasteiger partial charge < -0.3 is 24.4 Å². The lowest BCUT2D eigenvalue weighted by Crippen LogP contribution is -2.56. The average Bonchev–Trinajstić information content (AvgIpc) is 2.77. The Kier molecular flexibility index (Phi) is 3.20. The van der Waals surface area contributed by atoms with E-state index in [1.807, 2.05) is 0 Å². The van der Waals surface area contributed by atoms with Crippen LogP contribution in [0.4, 0.5) is 0 Å². The number of hydrogen-bond acceptors (Lipinski definition) is 7. The Morgan fingerprint density at radius 1 is 1.47 bits per heavy atom. The van der Waals surface area contributed by atoms with Crippen molar-refractivity contribution in [3.05, 3.63) is 10.4 Å². The van der Waals surface area contributed by atoms with Crippen LogP contribution in [0.2, 0.25) is 0 Å². The molecule has 0 aromatic carbocycles. The van der Waals surface area contributed by atoms with Crippen molar-refractivity contribution in [2.24, 2.45) is 5.11 Å². The molecule has 0 amide bonds. The highest BCUT2D eigenvalue weighted by atomic mass is 16.8. The van der Waals surface area contributed by atoms with E-state index in [0.29, 0.717) is 0 Å². The number of azide groups is 1. The molecule has 0 spiro atoms. The van der Waals surface area contributed by atoms with Crippen LogP contribution >= 0.6 is 0 Å². The largest absolute Gasteiger partial charge is 0.467 e. The highest BCUT2D eigenvalue weighted by Gasteiger charge is 2.70. The van der Waals surface area contributed by atoms with Gasteiger partial charge in [-0.05, 0) is 19.4 Å². The topological polar surface area (TPSA) is 134 Å². The summed E-state index contributed by atoms with van der Waals surface area (Å²) in [4.78, 5) is 14.3. The highest BCUT2D eigenvalue weighted by molar-refractivity contribution is 5.82. The fourth-order valence-electron chi connectivity index (χ4n) is 2.60. The normalized spacial score (nSPS) is 43.4. The SMILES string of the molecule is COC(=O)[C@]1(O)[C@H](N=[N+]=[N-])[C@@H](O)[C@@H]2OC(C)(C)O[C@@H]21. The fraction of sp³-hybridized carbons (Fsp3) is 0.900. The second-order valence-electron chi connectivity index (χ2n) is 4.98. The standard InChI is InChI=1S/C10H15N3O6/c1-9(2)18-5-4(14)6(12-13-11)10(16,7(5)19-9)8(15)17-3/h4-7,14,16H,1-3H3/t4-,5-,6+,7-,10-/m0/s1. The predicted octanol–water partition coefficient (Wildman–Crippen LogP) is -0.536. The number of nitrogens with zero attached hydrogens (tertiary/aromatic N) is 3. The van der Waals surface area contributed by atoms with E-state index in [-0.39, 0.29) is 0 Å². The van der Waals surface area contributed by atoms with Crippen LogP contribution in [0.15, 0.2) is 5.11 Å². The fourth-order valence-corrected chi connectivity index (χ4v) is 2.60. The van der Waals surface area contributed by atoms with Crippen LogP contribution in [0.1, 0.15) is 13.8 Å². The number of aliphatic hydroxyl groups excluding tert-OH is 1. The van der Waals surface area contributed by atoms with Crippen molar-refractivity contribution in [1.82, 2.24) is 0 Å². The second kappa shape index (κ2) is 4.32. The minimum absolute atomic E-state index is 0.977. The Hall–Kier alpha value is -1.38. The zero-order chi connectivity index (χ0) is 14.4. The van der Waals surface area contributed by atoms with E-state index in [9.17, 15) is 15.0 Å². The molecule has 5 atom stereocenters. The molecule has 106 valence electrons. The molecule has 1 saturated carbocycles. The molecule has 1 aliphatic heterocycles. The third kappa shape index (κ3) is 1.87. The molecule has 0 radical (unpaired) electrons. The Bertz CT molecular complexity index is 449. The van der Waals surface area contributed by atoms with Crippen molar-refractivity contribution in [2.75, 3.05) is 7.11 Å². The lowest BCUT2D eigenvalue weighted by molar-refractivity contribution is -0.203. The van der Waals surface area contributed by atoms with Gasteiger partial charge in [-0.2, -0.15) is 0 Å². The average molecular weight is 273 g/mol. The first-order valence-electron chi connectivity index (χ1n) is 5.66. The smallest absolute Gasteiger partial charge is 0.341 e. The lowest BCUT2D eigenvalue weighted by Gasteiger charge is -2.30. The number of hydrogen-bond donors (Lipinski definition) is 2. The number of fused-ring (bicyclic) bond motifs is 1. The van der Waals surface area contributed by atoms with Crippen LogP contribution in [0, 0.1) is 0 Å². The first-order valence-corrected chi connectivity index (χ1v) is 5.66. The molecule has 2 fully saturated rings. The molecule has 2 N–H and O–H groups in total. The Labute approximate surface area is 108 Å². The molecule has 19 heavy (non-hydrogen) atoms. The summed E-state index contributed by atoms with van der Waals surface area (Å²) in [5.74, 6) is -2.11. The van der Waals surface area contributed by atoms with Gasteiger partial charge in [0, 0.05) is 4.91 Å². The summed E-state index contributed by atoms with van der Waals surface area (Å²) in [6, 6.07) is -1.43. The van der Waals surface area contributed by atoms with Gasteiger partial charge in [-0.3, -0.25) is 0 Å². The summed E-state index contributed by atoms with van der Waals surface area (Å²) in [5, 5.41) is 23.9. The van der Waals surface area contributed by atoms with E-state index in [1.54, 1.807) is 13.8 Å². The van der Waals surface area contributed by atoms with Gasteiger partial charge in [-0.1, -0.05) is 5.11 Å². The van der Waals surface area contributed by atoms with Crippen molar-refractivity contribution < 1.29 is 29.2 Å². The third-order valence-corrected chi connectivity index (χ3v) is 3.36. The van der Waals surface area contributed by atoms with E-state index in [1.165, 1.54) is 0 Å². The molecule has 0 aromatic rings. The Morgan fingerprint density at radius 2 is 2.11 bits per heavy atom. The minimum Gasteiger partial charge on any atom is -0.467 e. The van der Waals surface area contributed by atoms with Crippen LogP contribution in [0.5, 0.6) is 0 Å². The van der Waals surface area contributed by atoms with Crippen LogP contribution < -0.4 is 0 Å². The third-order valence-electron chi connectivity index (χ3n) is 3.36. The molecule has 1 heterocycles. The van der Waals surface area contributed by atoms with Crippen LogP contribution in [-0.4, -0.2) is 59.0 Å². The number of ether oxygens (including phenoxy) is 3. The zero-order valence-electron chi connectivity index (χ0n) is 10.7. The van der Waals surface area contributed by atoms with Gasteiger partial charge in [-0.15, -0.1) is 0 Å². The summed E-state index contributed by atoms with van der Waals surface area (Å²) >= 11 is 0.